The number of esters is 1. The first-order chi connectivity index (χ1) is 6.15. The fourth-order valence-corrected chi connectivity index (χ4v) is 1.24. The van der Waals surface area contributed by atoms with Gasteiger partial charge in [-0.05, 0) is 25.0 Å². The van der Waals surface area contributed by atoms with E-state index < -0.39 is 0 Å². The van der Waals surface area contributed by atoms with Crippen molar-refractivity contribution in [2.45, 2.75) is 33.3 Å². The summed E-state index contributed by atoms with van der Waals surface area (Å²) in [5.74, 6) is 0.473. The van der Waals surface area contributed by atoms with Gasteiger partial charge in [-0.15, -0.1) is 0 Å². The fourth-order valence-electron chi connectivity index (χ4n) is 1.24. The summed E-state index contributed by atoms with van der Waals surface area (Å²) in [6.07, 6.45) is 2.09. The van der Waals surface area contributed by atoms with Crippen LogP contribution in [-0.2, 0) is 9.53 Å². The highest BCUT2D eigenvalue weighted by atomic mass is 16.5. The molecule has 0 spiro atoms. The van der Waals surface area contributed by atoms with Gasteiger partial charge in [0, 0.05) is 6.92 Å². The Morgan fingerprint density at radius 2 is 2.38 bits per heavy atom. The molecule has 1 rings (SSSR count). The molecule has 0 fully saturated rings. The van der Waals surface area contributed by atoms with Crippen LogP contribution in [0.5, 0.6) is 0 Å². The van der Waals surface area contributed by atoms with E-state index in [-0.39, 0.29) is 12.1 Å². The van der Waals surface area contributed by atoms with Gasteiger partial charge in [0.2, 0.25) is 0 Å². The monoisotopic (exact) mass is 182 g/mol. The molecule has 0 saturated carbocycles. The Bertz CT molecular complexity index is 288. The Morgan fingerprint density at radius 3 is 2.77 bits per heavy atom. The molecule has 0 aliphatic carbocycles. The van der Waals surface area contributed by atoms with E-state index in [9.17, 15) is 4.79 Å². The highest BCUT2D eigenvalue weighted by molar-refractivity contribution is 5.66. The number of hydrogen-bond donors (Lipinski definition) is 0. The smallest absolute Gasteiger partial charge is 0.303 e. The van der Waals surface area contributed by atoms with E-state index in [1.54, 1.807) is 6.26 Å². The predicted octanol–water partition coefficient (Wildman–Crippen LogP) is 2.60. The predicted molar refractivity (Wildman–Crippen MR) is 48.2 cm³/mol. The average Bonchev–Trinajstić information content (AvgIpc) is 2.47. The lowest BCUT2D eigenvalue weighted by molar-refractivity contribution is -0.147. The second-order valence-electron chi connectivity index (χ2n) is 2.97. The average molecular weight is 182 g/mol. The molecule has 0 amide bonds. The Labute approximate surface area is 77.7 Å². The van der Waals surface area contributed by atoms with Crippen molar-refractivity contribution in [3.8, 4) is 0 Å². The minimum Gasteiger partial charge on any atom is -0.465 e. The van der Waals surface area contributed by atoms with Crippen molar-refractivity contribution >= 4 is 5.97 Å². The van der Waals surface area contributed by atoms with Gasteiger partial charge in [-0.2, -0.15) is 0 Å². The molecular weight excluding hydrogens is 168 g/mol. The molecule has 1 unspecified atom stereocenters. The van der Waals surface area contributed by atoms with Crippen molar-refractivity contribution < 1.29 is 13.9 Å². The molecule has 1 aromatic heterocycles. The van der Waals surface area contributed by atoms with Gasteiger partial charge in [-0.3, -0.25) is 4.79 Å². The topological polar surface area (TPSA) is 39.4 Å². The standard InChI is InChI=1S/C10H14O3/c1-4-9(13-8(3)11)10-7(2)5-6-12-10/h5-6,9H,4H2,1-3H3. The number of aryl methyl sites for hydroxylation is 1. The molecule has 3 nitrogen and oxygen atoms in total. The van der Waals surface area contributed by atoms with Gasteiger partial charge in [0.05, 0.1) is 6.26 Å². The maximum absolute atomic E-state index is 10.8. The van der Waals surface area contributed by atoms with E-state index in [1.807, 2.05) is 19.9 Å². The van der Waals surface area contributed by atoms with Gasteiger partial charge in [0.15, 0.2) is 6.10 Å². The van der Waals surface area contributed by atoms with Crippen LogP contribution in [0, 0.1) is 6.92 Å². The van der Waals surface area contributed by atoms with Crippen LogP contribution in [0.1, 0.15) is 37.7 Å². The third-order valence-corrected chi connectivity index (χ3v) is 1.87. The van der Waals surface area contributed by atoms with E-state index in [0.717, 1.165) is 17.7 Å². The molecule has 72 valence electrons. The molecule has 0 N–H and O–H groups in total. The number of ether oxygens (including phenoxy) is 1. The number of carbonyl (C=O) groups excluding carboxylic acids is 1. The van der Waals surface area contributed by atoms with E-state index in [4.69, 9.17) is 9.15 Å². The Balaban J connectivity index is 2.78. The van der Waals surface area contributed by atoms with E-state index in [2.05, 4.69) is 0 Å². The summed E-state index contributed by atoms with van der Waals surface area (Å²) < 4.78 is 10.3. The zero-order valence-electron chi connectivity index (χ0n) is 8.16. The van der Waals surface area contributed by atoms with Gasteiger partial charge >= 0.3 is 5.97 Å². The lowest BCUT2D eigenvalue weighted by atomic mass is 10.1. The summed E-state index contributed by atoms with van der Waals surface area (Å²) in [6, 6.07) is 1.86. The van der Waals surface area contributed by atoms with E-state index in [1.165, 1.54) is 6.92 Å². The highest BCUT2D eigenvalue weighted by Gasteiger charge is 2.17. The van der Waals surface area contributed by atoms with Gasteiger partial charge in [0.1, 0.15) is 5.76 Å². The molecule has 0 aliphatic rings. The van der Waals surface area contributed by atoms with Crippen LogP contribution in [0.3, 0.4) is 0 Å². The highest BCUT2D eigenvalue weighted by Crippen LogP contribution is 2.24. The van der Waals surface area contributed by atoms with Crippen LogP contribution in [0.4, 0.5) is 0 Å². The van der Waals surface area contributed by atoms with Gasteiger partial charge in [-0.1, -0.05) is 6.92 Å². The Morgan fingerprint density at radius 1 is 1.69 bits per heavy atom. The van der Waals surface area contributed by atoms with Crippen LogP contribution in [0.2, 0.25) is 0 Å². The molecule has 0 aromatic carbocycles. The SMILES string of the molecule is CCC(OC(C)=O)c1occc1C. The minimum absolute atomic E-state index is 0.243. The molecule has 3 heteroatoms. The van der Waals surface area contributed by atoms with Crippen LogP contribution in [0.25, 0.3) is 0 Å². The van der Waals surface area contributed by atoms with Crippen molar-refractivity contribution in [2.75, 3.05) is 0 Å². The van der Waals surface area contributed by atoms with Crippen LogP contribution in [-0.4, -0.2) is 5.97 Å². The van der Waals surface area contributed by atoms with Crippen molar-refractivity contribution in [1.82, 2.24) is 0 Å². The van der Waals surface area contributed by atoms with E-state index >= 15 is 0 Å². The second-order valence-corrected chi connectivity index (χ2v) is 2.97. The first kappa shape index (κ1) is 9.84. The van der Waals surface area contributed by atoms with Crippen molar-refractivity contribution in [3.05, 3.63) is 23.7 Å². The number of carbonyl (C=O) groups is 1. The molecule has 0 aliphatic heterocycles. The van der Waals surface area contributed by atoms with Crippen LogP contribution >= 0.6 is 0 Å². The van der Waals surface area contributed by atoms with Crippen molar-refractivity contribution in [1.29, 1.82) is 0 Å². The molecule has 0 radical (unpaired) electrons. The Kier molecular flexibility index (Phi) is 3.12. The summed E-state index contributed by atoms with van der Waals surface area (Å²) in [6.45, 7) is 5.29. The van der Waals surface area contributed by atoms with Crippen molar-refractivity contribution in [2.24, 2.45) is 0 Å². The van der Waals surface area contributed by atoms with Crippen LogP contribution in [0.15, 0.2) is 16.7 Å². The first-order valence-corrected chi connectivity index (χ1v) is 4.36. The summed E-state index contributed by atoms with van der Waals surface area (Å²) in [5.41, 5.74) is 1.02. The third kappa shape index (κ3) is 2.34. The third-order valence-electron chi connectivity index (χ3n) is 1.87. The summed E-state index contributed by atoms with van der Waals surface area (Å²) in [5, 5.41) is 0. The quantitative estimate of drug-likeness (QED) is 0.674. The molecule has 1 aromatic rings. The fraction of sp³-hybridized carbons (Fsp3) is 0.500. The molecule has 1 heterocycles. The molecule has 13 heavy (non-hydrogen) atoms. The van der Waals surface area contributed by atoms with Gasteiger partial charge < -0.3 is 9.15 Å². The lowest BCUT2D eigenvalue weighted by Crippen LogP contribution is -2.07. The molecule has 0 saturated heterocycles. The largest absolute Gasteiger partial charge is 0.465 e. The van der Waals surface area contributed by atoms with E-state index in [0.29, 0.717) is 0 Å². The second kappa shape index (κ2) is 4.12. The lowest BCUT2D eigenvalue weighted by Gasteiger charge is -2.12. The molecular formula is C10H14O3. The van der Waals surface area contributed by atoms with Crippen molar-refractivity contribution in [3.63, 3.8) is 0 Å². The number of hydrogen-bond acceptors (Lipinski definition) is 3. The summed E-state index contributed by atoms with van der Waals surface area (Å²) >= 11 is 0. The minimum atomic E-state index is -0.275. The number of rotatable bonds is 3. The summed E-state index contributed by atoms with van der Waals surface area (Å²) in [7, 11) is 0. The maximum Gasteiger partial charge on any atom is 0.303 e. The normalized spacial score (nSPS) is 12.5. The van der Waals surface area contributed by atoms with Gasteiger partial charge in [0.25, 0.3) is 0 Å². The summed E-state index contributed by atoms with van der Waals surface area (Å²) in [4.78, 5) is 10.8. The zero-order valence-corrected chi connectivity index (χ0v) is 8.16. The Hall–Kier alpha value is -1.25. The maximum atomic E-state index is 10.8. The number of furan rings is 1. The first-order valence-electron chi connectivity index (χ1n) is 4.36. The van der Waals surface area contributed by atoms with Gasteiger partial charge in [-0.25, -0.2) is 0 Å². The molecule has 1 atom stereocenters. The molecule has 0 bridgehead atoms. The van der Waals surface area contributed by atoms with Crippen LogP contribution < -0.4 is 0 Å². The zero-order chi connectivity index (χ0) is 9.84.